The minimum Gasteiger partial charge on any atom is -0.423 e. The monoisotopic (exact) mass is 208 g/mol. The Kier molecular flexibility index (Phi) is 3.58. The first-order valence-electron chi connectivity index (χ1n) is 4.94. The highest BCUT2D eigenvalue weighted by Gasteiger charge is 2.21. The van der Waals surface area contributed by atoms with Crippen molar-refractivity contribution < 1.29 is 14.4 Å². The molecule has 0 atom stereocenters. The van der Waals surface area contributed by atoms with Crippen LogP contribution < -0.4 is 10.9 Å². The summed E-state index contributed by atoms with van der Waals surface area (Å²) < 4.78 is 12.9. The molecule has 0 aromatic heterocycles. The Morgan fingerprint density at radius 3 is 2.33 bits per heavy atom. The Balaban J connectivity index is 3.06. The van der Waals surface area contributed by atoms with E-state index in [9.17, 15) is 4.39 Å². The lowest BCUT2D eigenvalue weighted by atomic mass is 9.48. The Morgan fingerprint density at radius 2 is 1.87 bits per heavy atom. The number of halogens is 1. The molecule has 0 saturated heterocycles. The van der Waals surface area contributed by atoms with Crippen LogP contribution in [-0.4, -0.2) is 24.4 Å². The fraction of sp³-hybridized carbons (Fsp3) is 0.400. The molecular weight excluding hydrogens is 193 g/mol. The van der Waals surface area contributed by atoms with Crippen molar-refractivity contribution in [1.29, 1.82) is 0 Å². The molecule has 0 saturated carbocycles. The molecule has 0 aliphatic rings. The van der Waals surface area contributed by atoms with Gasteiger partial charge in [0.15, 0.2) is 7.28 Å². The van der Waals surface area contributed by atoms with Gasteiger partial charge < -0.3 is 10.0 Å². The average Bonchev–Trinajstić information content (AvgIpc) is 2.05. The predicted octanol–water partition coefficient (Wildman–Crippen LogP) is -0.214. The summed E-state index contributed by atoms with van der Waals surface area (Å²) in [6, 6.07) is 4.12. The largest absolute Gasteiger partial charge is 0.487 e. The van der Waals surface area contributed by atoms with E-state index in [2.05, 4.69) is 0 Å². The molecule has 0 spiro atoms. The van der Waals surface area contributed by atoms with E-state index in [-0.39, 0.29) is 10.8 Å². The van der Waals surface area contributed by atoms with Crippen molar-refractivity contribution >= 4 is 25.3 Å². The lowest BCUT2D eigenvalue weighted by Gasteiger charge is -2.18. The van der Waals surface area contributed by atoms with Crippen LogP contribution in [0.4, 0.5) is 4.39 Å². The van der Waals surface area contributed by atoms with Crippen LogP contribution in [0.3, 0.4) is 0 Å². The van der Waals surface area contributed by atoms with Crippen molar-refractivity contribution in [3.05, 3.63) is 24.0 Å². The Hall–Kier alpha value is -0.800. The molecule has 1 rings (SSSR count). The number of rotatable bonds is 2. The van der Waals surface area contributed by atoms with Gasteiger partial charge in [-0.25, -0.2) is 4.39 Å². The Bertz CT molecular complexity index is 348. The van der Waals surface area contributed by atoms with E-state index < -0.39 is 12.9 Å². The van der Waals surface area contributed by atoms with E-state index in [0.717, 1.165) is 5.46 Å². The fourth-order valence-corrected chi connectivity index (χ4v) is 1.54. The standard InChI is InChI=1S/C10H15B2FO2/c1-10(2,3)11-8-5-4-7(13)6-9(8)12(14)15/h4-6,11,14-15H,1-3H3. The zero-order valence-corrected chi connectivity index (χ0v) is 9.29. The van der Waals surface area contributed by atoms with Crippen molar-refractivity contribution in [2.45, 2.75) is 26.1 Å². The van der Waals surface area contributed by atoms with Gasteiger partial charge in [-0.3, -0.25) is 0 Å². The van der Waals surface area contributed by atoms with E-state index in [4.69, 9.17) is 10.0 Å². The van der Waals surface area contributed by atoms with Crippen LogP contribution in [0.5, 0.6) is 0 Å². The van der Waals surface area contributed by atoms with E-state index in [1.165, 1.54) is 12.1 Å². The van der Waals surface area contributed by atoms with Crippen molar-refractivity contribution in [3.8, 4) is 0 Å². The summed E-state index contributed by atoms with van der Waals surface area (Å²) in [5.74, 6) is -0.448. The fourth-order valence-electron chi connectivity index (χ4n) is 1.54. The Labute approximate surface area is 90.5 Å². The highest BCUT2D eigenvalue weighted by atomic mass is 19.1. The highest BCUT2D eigenvalue weighted by Crippen LogP contribution is 2.19. The molecule has 0 heterocycles. The summed E-state index contributed by atoms with van der Waals surface area (Å²) in [5, 5.41) is 18.3. The number of hydrogen-bond donors (Lipinski definition) is 2. The van der Waals surface area contributed by atoms with E-state index in [1.807, 2.05) is 20.8 Å². The van der Waals surface area contributed by atoms with Crippen LogP contribution in [0.15, 0.2) is 18.2 Å². The van der Waals surface area contributed by atoms with Crippen LogP contribution in [0.1, 0.15) is 20.8 Å². The van der Waals surface area contributed by atoms with Crippen LogP contribution in [0.25, 0.3) is 0 Å². The van der Waals surface area contributed by atoms with Crippen LogP contribution in [0, 0.1) is 5.82 Å². The van der Waals surface area contributed by atoms with Gasteiger partial charge in [0.25, 0.3) is 0 Å². The average molecular weight is 208 g/mol. The van der Waals surface area contributed by atoms with E-state index >= 15 is 0 Å². The maximum absolute atomic E-state index is 12.9. The molecule has 5 heteroatoms. The molecule has 15 heavy (non-hydrogen) atoms. The van der Waals surface area contributed by atoms with Gasteiger partial charge in [0, 0.05) is 0 Å². The summed E-state index contributed by atoms with van der Waals surface area (Å²) in [6.45, 7) is 6.14. The maximum atomic E-state index is 12.9. The van der Waals surface area contributed by atoms with Gasteiger partial charge in [0.05, 0.1) is 0 Å². The molecular formula is C10H15B2FO2. The summed E-state index contributed by atoms with van der Waals surface area (Å²) in [7, 11) is -0.932. The molecule has 1 aromatic rings. The highest BCUT2D eigenvalue weighted by molar-refractivity contribution is 6.70. The summed E-state index contributed by atoms with van der Waals surface area (Å²) >= 11 is 0. The topological polar surface area (TPSA) is 40.5 Å². The van der Waals surface area contributed by atoms with Gasteiger partial charge in [0.1, 0.15) is 5.82 Å². The van der Waals surface area contributed by atoms with Crippen LogP contribution in [-0.2, 0) is 0 Å². The number of benzene rings is 1. The van der Waals surface area contributed by atoms with Crippen LogP contribution >= 0.6 is 0 Å². The number of hydrogen-bond acceptors (Lipinski definition) is 2. The van der Waals surface area contributed by atoms with Crippen LogP contribution in [0.2, 0.25) is 5.31 Å². The summed E-state index contributed by atoms with van der Waals surface area (Å²) in [6.07, 6.45) is 0. The van der Waals surface area contributed by atoms with Gasteiger partial charge in [0.2, 0.25) is 0 Å². The van der Waals surface area contributed by atoms with Gasteiger partial charge in [-0.05, 0) is 17.6 Å². The quantitative estimate of drug-likeness (QED) is 0.659. The molecule has 0 unspecified atom stereocenters. The van der Waals surface area contributed by atoms with Crippen molar-refractivity contribution in [2.24, 2.45) is 0 Å². The normalized spacial score (nSPS) is 11.3. The maximum Gasteiger partial charge on any atom is 0.487 e. The molecule has 80 valence electrons. The summed E-state index contributed by atoms with van der Waals surface area (Å²) in [4.78, 5) is 0. The minimum atomic E-state index is -1.61. The first-order valence-corrected chi connectivity index (χ1v) is 4.94. The molecule has 0 bridgehead atoms. The van der Waals surface area contributed by atoms with E-state index in [0.29, 0.717) is 7.28 Å². The van der Waals surface area contributed by atoms with Crippen molar-refractivity contribution in [2.75, 3.05) is 0 Å². The van der Waals surface area contributed by atoms with Gasteiger partial charge in [-0.15, -0.1) is 0 Å². The molecule has 2 N–H and O–H groups in total. The third-order valence-corrected chi connectivity index (χ3v) is 2.11. The second-order valence-corrected chi connectivity index (χ2v) is 4.95. The second-order valence-electron chi connectivity index (χ2n) is 4.95. The molecule has 0 fully saturated rings. The zero-order chi connectivity index (χ0) is 11.6. The van der Waals surface area contributed by atoms with Gasteiger partial charge >= 0.3 is 7.12 Å². The van der Waals surface area contributed by atoms with Gasteiger partial charge in [-0.2, -0.15) is 0 Å². The van der Waals surface area contributed by atoms with Gasteiger partial charge in [-0.1, -0.05) is 37.6 Å². The smallest absolute Gasteiger partial charge is 0.423 e. The SMILES string of the molecule is CC(C)(C)Bc1ccc(F)cc1B(O)O. The molecule has 2 nitrogen and oxygen atoms in total. The second kappa shape index (κ2) is 4.37. The zero-order valence-electron chi connectivity index (χ0n) is 9.29. The van der Waals surface area contributed by atoms with Crippen molar-refractivity contribution in [1.82, 2.24) is 0 Å². The molecule has 0 amide bonds. The first kappa shape index (κ1) is 12.3. The molecule has 0 aliphatic carbocycles. The van der Waals surface area contributed by atoms with E-state index in [1.54, 1.807) is 6.07 Å². The molecule has 0 aliphatic heterocycles. The van der Waals surface area contributed by atoms with Crippen molar-refractivity contribution in [3.63, 3.8) is 0 Å². The third kappa shape index (κ3) is 3.68. The molecule has 0 radical (unpaired) electrons. The third-order valence-electron chi connectivity index (χ3n) is 2.11. The minimum absolute atomic E-state index is 0.0292. The lowest BCUT2D eigenvalue weighted by Crippen LogP contribution is -2.46. The predicted molar refractivity (Wildman–Crippen MR) is 62.7 cm³/mol. The lowest BCUT2D eigenvalue weighted by molar-refractivity contribution is 0.425. The molecule has 1 aromatic carbocycles. The Morgan fingerprint density at radius 1 is 1.27 bits per heavy atom. The first-order chi connectivity index (χ1) is 6.79. The summed E-state index contributed by atoms with van der Waals surface area (Å²) in [5.41, 5.74) is 1.03.